The van der Waals surface area contributed by atoms with Crippen LogP contribution in [0, 0.1) is 11.8 Å². The second-order valence-electron chi connectivity index (χ2n) is 6.73. The molecule has 3 rings (SSSR count). The summed E-state index contributed by atoms with van der Waals surface area (Å²) in [6.45, 7) is 1.51. The van der Waals surface area contributed by atoms with E-state index >= 15 is 0 Å². The van der Waals surface area contributed by atoms with Gasteiger partial charge >= 0.3 is 0 Å². The fourth-order valence-electron chi connectivity index (χ4n) is 2.77. The first-order chi connectivity index (χ1) is 9.56. The summed E-state index contributed by atoms with van der Waals surface area (Å²) >= 11 is 0. The van der Waals surface area contributed by atoms with Crippen LogP contribution in [0.4, 0.5) is 0 Å². The number of rotatable bonds is 10. The molecule has 0 spiro atoms. The predicted molar refractivity (Wildman–Crippen MR) is 79.6 cm³/mol. The Kier molecular flexibility index (Phi) is 4.36. The smallest absolute Gasteiger partial charge is 0.279 e. The minimum absolute atomic E-state index is 0.201. The zero-order chi connectivity index (χ0) is 14.2. The lowest BCUT2D eigenvalue weighted by molar-refractivity contribution is 0.413. The molecule has 3 aliphatic carbocycles. The zero-order valence-electron chi connectivity index (χ0n) is 12.3. The third kappa shape index (κ3) is 4.16. The van der Waals surface area contributed by atoms with E-state index in [1.165, 1.54) is 42.8 Å². The Balaban J connectivity index is 1.42. The van der Waals surface area contributed by atoms with Gasteiger partial charge in [-0.05, 0) is 63.3 Å². The molecular formula is C14H27N3O2S. The molecule has 0 saturated heterocycles. The molecule has 5 nitrogen and oxygen atoms in total. The van der Waals surface area contributed by atoms with Gasteiger partial charge in [0.15, 0.2) is 0 Å². The first kappa shape index (κ1) is 14.8. The molecule has 3 saturated carbocycles. The fraction of sp³-hybridized carbons (Fsp3) is 1.00. The van der Waals surface area contributed by atoms with Gasteiger partial charge in [-0.2, -0.15) is 17.4 Å². The van der Waals surface area contributed by atoms with E-state index in [4.69, 9.17) is 0 Å². The Morgan fingerprint density at radius 1 is 1.10 bits per heavy atom. The number of nitrogens with one attached hydrogen (secondary N) is 2. The van der Waals surface area contributed by atoms with E-state index in [0.717, 1.165) is 13.0 Å². The average Bonchev–Trinajstić information content (AvgIpc) is 3.30. The lowest BCUT2D eigenvalue weighted by Crippen LogP contribution is -2.46. The molecule has 0 aromatic heterocycles. The summed E-state index contributed by atoms with van der Waals surface area (Å²) in [7, 11) is -1.61. The van der Waals surface area contributed by atoms with Crippen LogP contribution in [0.1, 0.15) is 44.9 Å². The summed E-state index contributed by atoms with van der Waals surface area (Å²) in [5, 5.41) is 3.42. The number of hydrogen-bond acceptors (Lipinski definition) is 3. The van der Waals surface area contributed by atoms with Crippen molar-refractivity contribution < 1.29 is 8.42 Å². The third-order valence-corrected chi connectivity index (χ3v) is 6.19. The van der Waals surface area contributed by atoms with E-state index in [1.54, 1.807) is 7.05 Å². The number of hydrogen-bond donors (Lipinski definition) is 2. The molecule has 0 atom stereocenters. The van der Waals surface area contributed by atoms with Crippen LogP contribution in [-0.2, 0) is 10.2 Å². The lowest BCUT2D eigenvalue weighted by Gasteiger charge is -2.23. The zero-order valence-corrected chi connectivity index (χ0v) is 13.2. The van der Waals surface area contributed by atoms with Crippen LogP contribution in [0.2, 0.25) is 0 Å². The molecular weight excluding hydrogens is 274 g/mol. The summed E-state index contributed by atoms with van der Waals surface area (Å²) in [5.41, 5.74) is 0. The van der Waals surface area contributed by atoms with Gasteiger partial charge in [0.25, 0.3) is 10.2 Å². The van der Waals surface area contributed by atoms with Crippen molar-refractivity contribution in [1.82, 2.24) is 14.3 Å². The van der Waals surface area contributed by atoms with Crippen molar-refractivity contribution in [3.05, 3.63) is 0 Å². The van der Waals surface area contributed by atoms with E-state index in [0.29, 0.717) is 24.4 Å². The first-order valence-corrected chi connectivity index (χ1v) is 9.47. The summed E-state index contributed by atoms with van der Waals surface area (Å²) in [4.78, 5) is 0. The molecule has 116 valence electrons. The van der Waals surface area contributed by atoms with Gasteiger partial charge in [-0.3, -0.25) is 0 Å². The summed E-state index contributed by atoms with van der Waals surface area (Å²) in [5.74, 6) is 1.20. The average molecular weight is 301 g/mol. The van der Waals surface area contributed by atoms with Crippen LogP contribution < -0.4 is 10.0 Å². The molecule has 0 aromatic carbocycles. The SMILES string of the molecule is CN(CCCNC1CC1)S(=O)(=O)NC(C1CC1)C1CC1. The number of nitrogens with zero attached hydrogens (tertiary/aromatic N) is 1. The van der Waals surface area contributed by atoms with E-state index in [9.17, 15) is 8.42 Å². The van der Waals surface area contributed by atoms with Crippen LogP contribution >= 0.6 is 0 Å². The van der Waals surface area contributed by atoms with E-state index in [2.05, 4.69) is 10.0 Å². The Labute approximate surface area is 122 Å². The van der Waals surface area contributed by atoms with Crippen LogP contribution in [0.15, 0.2) is 0 Å². The van der Waals surface area contributed by atoms with E-state index < -0.39 is 10.2 Å². The van der Waals surface area contributed by atoms with Crippen LogP contribution in [0.5, 0.6) is 0 Å². The molecule has 2 N–H and O–H groups in total. The maximum atomic E-state index is 12.3. The van der Waals surface area contributed by atoms with Crippen LogP contribution in [-0.4, -0.2) is 44.9 Å². The van der Waals surface area contributed by atoms with Gasteiger partial charge < -0.3 is 5.32 Å². The second kappa shape index (κ2) is 5.91. The molecule has 0 unspecified atom stereocenters. The van der Waals surface area contributed by atoms with Gasteiger partial charge in [-0.15, -0.1) is 0 Å². The monoisotopic (exact) mass is 301 g/mol. The van der Waals surface area contributed by atoms with Gasteiger partial charge in [0.2, 0.25) is 0 Å². The van der Waals surface area contributed by atoms with E-state index in [-0.39, 0.29) is 6.04 Å². The Hall–Kier alpha value is -0.170. The highest BCUT2D eigenvalue weighted by Crippen LogP contribution is 2.44. The molecule has 20 heavy (non-hydrogen) atoms. The largest absolute Gasteiger partial charge is 0.314 e. The maximum Gasteiger partial charge on any atom is 0.279 e. The third-order valence-electron chi connectivity index (χ3n) is 4.62. The minimum atomic E-state index is -3.30. The molecule has 6 heteroatoms. The Bertz CT molecular complexity index is 416. The van der Waals surface area contributed by atoms with Gasteiger partial charge in [0, 0.05) is 25.7 Å². The van der Waals surface area contributed by atoms with Crippen molar-refractivity contribution in [3.8, 4) is 0 Å². The van der Waals surface area contributed by atoms with Crippen LogP contribution in [0.25, 0.3) is 0 Å². The van der Waals surface area contributed by atoms with Crippen molar-refractivity contribution in [3.63, 3.8) is 0 Å². The highest BCUT2D eigenvalue weighted by Gasteiger charge is 2.43. The predicted octanol–water partition coefficient (Wildman–Crippen LogP) is 1.08. The highest BCUT2D eigenvalue weighted by molar-refractivity contribution is 7.87. The minimum Gasteiger partial charge on any atom is -0.314 e. The molecule has 0 heterocycles. The summed E-state index contributed by atoms with van der Waals surface area (Å²) in [6.07, 6.45) is 8.21. The Morgan fingerprint density at radius 2 is 1.70 bits per heavy atom. The van der Waals surface area contributed by atoms with E-state index in [1.807, 2.05) is 0 Å². The maximum absolute atomic E-state index is 12.3. The topological polar surface area (TPSA) is 61.4 Å². The quantitative estimate of drug-likeness (QED) is 0.594. The fourth-order valence-corrected chi connectivity index (χ4v) is 4.04. The lowest BCUT2D eigenvalue weighted by atomic mass is 10.1. The standard InChI is InChI=1S/C14H27N3O2S/c1-17(10-2-9-15-13-7-8-13)20(18,19)16-14(11-3-4-11)12-5-6-12/h11-16H,2-10H2,1H3. The molecule has 3 fully saturated rings. The summed E-state index contributed by atoms with van der Waals surface area (Å²) < 4.78 is 29.1. The molecule has 0 aliphatic heterocycles. The molecule has 0 bridgehead atoms. The summed E-state index contributed by atoms with van der Waals surface area (Å²) in [6, 6.07) is 0.899. The Morgan fingerprint density at radius 3 is 2.20 bits per heavy atom. The van der Waals surface area contributed by atoms with Gasteiger partial charge in [-0.25, -0.2) is 0 Å². The van der Waals surface area contributed by atoms with Crippen molar-refractivity contribution in [1.29, 1.82) is 0 Å². The first-order valence-electron chi connectivity index (χ1n) is 8.03. The highest BCUT2D eigenvalue weighted by atomic mass is 32.2. The second-order valence-corrected chi connectivity index (χ2v) is 8.54. The van der Waals surface area contributed by atoms with Crippen molar-refractivity contribution in [2.75, 3.05) is 20.1 Å². The van der Waals surface area contributed by atoms with Crippen LogP contribution in [0.3, 0.4) is 0 Å². The van der Waals surface area contributed by atoms with Crippen molar-refractivity contribution >= 4 is 10.2 Å². The molecule has 0 radical (unpaired) electrons. The molecule has 0 aromatic rings. The van der Waals surface area contributed by atoms with Crippen molar-refractivity contribution in [2.24, 2.45) is 11.8 Å². The normalized spacial score (nSPS) is 23.8. The van der Waals surface area contributed by atoms with Gasteiger partial charge in [0.1, 0.15) is 0 Å². The molecule has 0 amide bonds. The van der Waals surface area contributed by atoms with Gasteiger partial charge in [0.05, 0.1) is 0 Å². The molecule has 3 aliphatic rings. The van der Waals surface area contributed by atoms with Crippen molar-refractivity contribution in [2.45, 2.75) is 57.0 Å². The van der Waals surface area contributed by atoms with Gasteiger partial charge in [-0.1, -0.05) is 0 Å².